The monoisotopic (exact) mass is 431 g/mol. The molecule has 0 bridgehead atoms. The highest BCUT2D eigenvalue weighted by Crippen LogP contribution is 2.28. The Kier molecular flexibility index (Phi) is 9.55. The van der Waals surface area contributed by atoms with Crippen LogP contribution in [-0.2, 0) is 17.9 Å². The summed E-state index contributed by atoms with van der Waals surface area (Å²) in [5.74, 6) is 1.68. The Hall–Kier alpha value is -0.820. The molecule has 1 aliphatic rings. The Balaban J connectivity index is 0.00000264. The van der Waals surface area contributed by atoms with Gasteiger partial charge in [-0.15, -0.1) is 24.0 Å². The van der Waals surface area contributed by atoms with E-state index in [1.54, 1.807) is 0 Å². The molecule has 2 atom stereocenters. The van der Waals surface area contributed by atoms with E-state index in [4.69, 9.17) is 9.73 Å². The predicted molar refractivity (Wildman–Crippen MR) is 107 cm³/mol. The van der Waals surface area contributed by atoms with E-state index in [0.29, 0.717) is 19.2 Å². The number of nitrogens with zero attached hydrogens (tertiary/aromatic N) is 1. The maximum absolute atomic E-state index is 5.67. The second kappa shape index (κ2) is 10.9. The maximum atomic E-state index is 5.67. The topological polar surface area (TPSA) is 45.6 Å². The molecule has 2 unspecified atom stereocenters. The van der Waals surface area contributed by atoms with Gasteiger partial charge in [-0.05, 0) is 36.8 Å². The van der Waals surface area contributed by atoms with Crippen LogP contribution in [0.4, 0.5) is 0 Å². The molecule has 1 saturated carbocycles. The molecule has 0 spiro atoms. The number of ether oxygens (including phenoxy) is 1. The van der Waals surface area contributed by atoms with Crippen LogP contribution >= 0.6 is 24.0 Å². The van der Waals surface area contributed by atoms with E-state index in [1.165, 1.54) is 17.5 Å². The van der Waals surface area contributed by atoms with E-state index in [-0.39, 0.29) is 24.0 Å². The van der Waals surface area contributed by atoms with Crippen LogP contribution in [0.25, 0.3) is 0 Å². The van der Waals surface area contributed by atoms with Crippen LogP contribution in [0.3, 0.4) is 0 Å². The van der Waals surface area contributed by atoms with Gasteiger partial charge in [0, 0.05) is 19.2 Å². The first-order chi connectivity index (χ1) is 10.7. The molecule has 130 valence electrons. The summed E-state index contributed by atoms with van der Waals surface area (Å²) in [6, 6.07) is 8.98. The minimum absolute atomic E-state index is 0. The molecule has 0 aromatic heterocycles. The molecular formula is C18H30IN3O. The quantitative estimate of drug-likeness (QED) is 0.286. The van der Waals surface area contributed by atoms with Crippen molar-refractivity contribution >= 4 is 29.9 Å². The van der Waals surface area contributed by atoms with Crippen molar-refractivity contribution in [1.82, 2.24) is 10.6 Å². The van der Waals surface area contributed by atoms with Crippen LogP contribution in [0, 0.1) is 5.92 Å². The number of halogens is 1. The minimum atomic E-state index is 0. The van der Waals surface area contributed by atoms with Crippen molar-refractivity contribution in [3.63, 3.8) is 0 Å². The van der Waals surface area contributed by atoms with E-state index in [0.717, 1.165) is 31.4 Å². The van der Waals surface area contributed by atoms with Gasteiger partial charge in [0.05, 0.1) is 13.2 Å². The number of rotatable bonds is 8. The number of benzene rings is 1. The van der Waals surface area contributed by atoms with Crippen LogP contribution in [-0.4, -0.2) is 25.2 Å². The van der Waals surface area contributed by atoms with Gasteiger partial charge in [0.25, 0.3) is 0 Å². The number of hydrogen-bond donors (Lipinski definition) is 2. The van der Waals surface area contributed by atoms with Gasteiger partial charge in [-0.3, -0.25) is 0 Å². The molecule has 0 saturated heterocycles. The normalized spacial score (nSPS) is 19.9. The third kappa shape index (κ3) is 7.08. The van der Waals surface area contributed by atoms with Crippen molar-refractivity contribution in [1.29, 1.82) is 0 Å². The number of hydrogen-bond acceptors (Lipinski definition) is 2. The first-order valence-electron chi connectivity index (χ1n) is 8.44. The highest BCUT2D eigenvalue weighted by Gasteiger charge is 2.33. The van der Waals surface area contributed by atoms with Gasteiger partial charge in [-0.25, -0.2) is 4.99 Å². The van der Waals surface area contributed by atoms with Crippen molar-refractivity contribution in [2.75, 3.05) is 13.2 Å². The Labute approximate surface area is 157 Å². The standard InChI is InChI=1S/C18H29N3O.HI/c1-4-10-22-13-16-9-7-6-8-15(16)12-20-18(19-5-2)21-17-11-14(17)3;/h6-9,14,17H,4-5,10-13H2,1-3H3,(H2,19,20,21);1H. The van der Waals surface area contributed by atoms with Crippen LogP contribution in [0.1, 0.15) is 44.7 Å². The molecule has 1 aromatic carbocycles. The lowest BCUT2D eigenvalue weighted by atomic mass is 10.1. The molecule has 0 amide bonds. The maximum Gasteiger partial charge on any atom is 0.191 e. The zero-order chi connectivity index (χ0) is 15.8. The van der Waals surface area contributed by atoms with E-state index < -0.39 is 0 Å². The minimum Gasteiger partial charge on any atom is -0.377 e. The molecule has 0 radical (unpaired) electrons. The average Bonchev–Trinajstić information content (AvgIpc) is 3.21. The zero-order valence-electron chi connectivity index (χ0n) is 14.5. The van der Waals surface area contributed by atoms with Crippen molar-refractivity contribution < 1.29 is 4.74 Å². The van der Waals surface area contributed by atoms with Crippen LogP contribution in [0.5, 0.6) is 0 Å². The van der Waals surface area contributed by atoms with Crippen LogP contribution < -0.4 is 10.6 Å². The SMILES string of the molecule is CCCOCc1ccccc1CN=C(NCC)NC1CC1C.I. The summed E-state index contributed by atoms with van der Waals surface area (Å²) in [7, 11) is 0. The van der Waals surface area contributed by atoms with Gasteiger partial charge in [0.15, 0.2) is 5.96 Å². The molecule has 2 N–H and O–H groups in total. The lowest BCUT2D eigenvalue weighted by Crippen LogP contribution is -2.39. The van der Waals surface area contributed by atoms with Gasteiger partial charge >= 0.3 is 0 Å². The molecule has 4 nitrogen and oxygen atoms in total. The molecule has 1 fully saturated rings. The molecule has 23 heavy (non-hydrogen) atoms. The molecular weight excluding hydrogens is 401 g/mol. The van der Waals surface area contributed by atoms with Gasteiger partial charge in [0.1, 0.15) is 0 Å². The first-order valence-corrected chi connectivity index (χ1v) is 8.44. The molecule has 1 aliphatic carbocycles. The fourth-order valence-corrected chi connectivity index (χ4v) is 2.36. The number of nitrogens with one attached hydrogen (secondary N) is 2. The fourth-order valence-electron chi connectivity index (χ4n) is 2.36. The zero-order valence-corrected chi connectivity index (χ0v) is 16.8. The third-order valence-corrected chi connectivity index (χ3v) is 3.91. The number of guanidine groups is 1. The van der Waals surface area contributed by atoms with E-state index in [1.807, 2.05) is 0 Å². The summed E-state index contributed by atoms with van der Waals surface area (Å²) in [4.78, 5) is 4.73. The largest absolute Gasteiger partial charge is 0.377 e. The first kappa shape index (κ1) is 20.2. The Morgan fingerprint density at radius 2 is 1.96 bits per heavy atom. The summed E-state index contributed by atoms with van der Waals surface area (Å²) < 4.78 is 5.67. The van der Waals surface area contributed by atoms with E-state index in [2.05, 4.69) is 55.7 Å². The number of aliphatic imine (C=N–C) groups is 1. The van der Waals surface area contributed by atoms with Crippen LogP contribution in [0.15, 0.2) is 29.3 Å². The predicted octanol–water partition coefficient (Wildman–Crippen LogP) is 3.69. The lowest BCUT2D eigenvalue weighted by Gasteiger charge is -2.12. The summed E-state index contributed by atoms with van der Waals surface area (Å²) in [6.07, 6.45) is 2.29. The Bertz CT molecular complexity index is 493. The molecule has 1 aromatic rings. The summed E-state index contributed by atoms with van der Waals surface area (Å²) in [5, 5.41) is 6.82. The second-order valence-electron chi connectivity index (χ2n) is 5.98. The van der Waals surface area contributed by atoms with Crippen molar-refractivity contribution in [2.24, 2.45) is 10.9 Å². The summed E-state index contributed by atoms with van der Waals surface area (Å²) in [5.41, 5.74) is 2.47. The van der Waals surface area contributed by atoms with E-state index in [9.17, 15) is 0 Å². The molecule has 0 aliphatic heterocycles. The van der Waals surface area contributed by atoms with Gasteiger partial charge in [-0.2, -0.15) is 0 Å². The van der Waals surface area contributed by atoms with Gasteiger partial charge in [-0.1, -0.05) is 38.1 Å². The highest BCUT2D eigenvalue weighted by atomic mass is 127. The van der Waals surface area contributed by atoms with Crippen molar-refractivity contribution in [3.05, 3.63) is 35.4 Å². The third-order valence-electron chi connectivity index (χ3n) is 3.91. The van der Waals surface area contributed by atoms with E-state index >= 15 is 0 Å². The summed E-state index contributed by atoms with van der Waals surface area (Å²) in [6.45, 7) is 9.53. The fraction of sp³-hybridized carbons (Fsp3) is 0.611. The second-order valence-corrected chi connectivity index (χ2v) is 5.98. The Morgan fingerprint density at radius 1 is 1.26 bits per heavy atom. The van der Waals surface area contributed by atoms with Crippen molar-refractivity contribution in [2.45, 2.75) is 52.8 Å². The smallest absolute Gasteiger partial charge is 0.191 e. The molecule has 2 rings (SSSR count). The highest BCUT2D eigenvalue weighted by molar-refractivity contribution is 14.0. The lowest BCUT2D eigenvalue weighted by molar-refractivity contribution is 0.121. The van der Waals surface area contributed by atoms with Crippen molar-refractivity contribution in [3.8, 4) is 0 Å². The van der Waals surface area contributed by atoms with Crippen LogP contribution in [0.2, 0.25) is 0 Å². The van der Waals surface area contributed by atoms with Gasteiger partial charge in [0.2, 0.25) is 0 Å². The Morgan fingerprint density at radius 3 is 2.57 bits per heavy atom. The summed E-state index contributed by atoms with van der Waals surface area (Å²) >= 11 is 0. The average molecular weight is 431 g/mol. The molecule has 0 heterocycles. The van der Waals surface area contributed by atoms with Gasteiger partial charge < -0.3 is 15.4 Å². The molecule has 5 heteroatoms.